The van der Waals surface area contributed by atoms with E-state index in [0.29, 0.717) is 10.9 Å². The lowest BCUT2D eigenvalue weighted by Crippen LogP contribution is -2.61. The number of nitrogens with one attached hydrogen (secondary N) is 2. The predicted molar refractivity (Wildman–Crippen MR) is 122 cm³/mol. The number of methoxy groups -OCH3 is 1. The zero-order valence-corrected chi connectivity index (χ0v) is 19.8. The summed E-state index contributed by atoms with van der Waals surface area (Å²) in [5.74, 6) is 2.95. The Morgan fingerprint density at radius 2 is 1.79 bits per heavy atom. The van der Waals surface area contributed by atoms with E-state index in [1.165, 1.54) is 44.6 Å². The second kappa shape index (κ2) is 8.07. The van der Waals surface area contributed by atoms with Crippen molar-refractivity contribution in [2.24, 2.45) is 17.8 Å². The van der Waals surface area contributed by atoms with Crippen molar-refractivity contribution in [3.8, 4) is 5.75 Å². The molecule has 4 nitrogen and oxygen atoms in total. The number of thiocarbonyl (C=S) groups is 1. The lowest BCUT2D eigenvalue weighted by molar-refractivity contribution is -0.115. The second-order valence-electron chi connectivity index (χ2n) is 8.48. The minimum absolute atomic E-state index is 0.0984. The first-order valence-electron chi connectivity index (χ1n) is 9.70. The first-order chi connectivity index (χ1) is 13.4. The summed E-state index contributed by atoms with van der Waals surface area (Å²) >= 11 is 12.4. The average molecular weight is 528 g/mol. The van der Waals surface area contributed by atoms with Crippen LogP contribution in [0.1, 0.15) is 44.1 Å². The third kappa shape index (κ3) is 4.31. The lowest BCUT2D eigenvalue weighted by atomic mass is 9.53. The third-order valence-corrected chi connectivity index (χ3v) is 7.56. The molecule has 4 saturated carbocycles. The fraction of sp³-hybridized carbons (Fsp3) is 0.524. The van der Waals surface area contributed by atoms with Gasteiger partial charge in [0, 0.05) is 21.7 Å². The summed E-state index contributed by atoms with van der Waals surface area (Å²) in [5, 5.41) is 6.79. The van der Waals surface area contributed by atoms with E-state index >= 15 is 0 Å². The molecule has 0 atom stereocenters. The number of amides is 1. The summed E-state index contributed by atoms with van der Waals surface area (Å²) in [7, 11) is 1.61. The van der Waals surface area contributed by atoms with Gasteiger partial charge in [0.25, 0.3) is 0 Å². The number of rotatable bonds is 4. The van der Waals surface area contributed by atoms with Gasteiger partial charge >= 0.3 is 0 Å². The molecule has 4 bridgehead atoms. The van der Waals surface area contributed by atoms with Crippen molar-refractivity contribution < 1.29 is 9.53 Å². The van der Waals surface area contributed by atoms with Crippen molar-refractivity contribution in [2.45, 2.75) is 44.1 Å². The largest absolute Gasteiger partial charge is 0.495 e. The van der Waals surface area contributed by atoms with Gasteiger partial charge in [-0.2, -0.15) is 0 Å². The van der Waals surface area contributed by atoms with Crippen molar-refractivity contribution in [1.29, 1.82) is 0 Å². The standard InChI is InChI=1S/C21H24Br2N2O2S/c1-27-19-15(7-16(22)8-17(19)23)2-3-18(26)24-20(28)25-21-9-12-4-13(10-21)6-14(5-12)11-21/h2-3,7-8,12-14H,4-6,9-11H2,1H3,(H2,24,25,26,28)/b3-2+. The summed E-state index contributed by atoms with van der Waals surface area (Å²) in [6.07, 6.45) is 10.9. The summed E-state index contributed by atoms with van der Waals surface area (Å²) in [6, 6.07) is 3.81. The van der Waals surface area contributed by atoms with Crippen molar-refractivity contribution in [3.63, 3.8) is 0 Å². The van der Waals surface area contributed by atoms with Gasteiger partial charge < -0.3 is 10.1 Å². The first kappa shape index (κ1) is 20.4. The Morgan fingerprint density at radius 1 is 1.18 bits per heavy atom. The van der Waals surface area contributed by atoms with Crippen LogP contribution in [0.15, 0.2) is 27.2 Å². The minimum Gasteiger partial charge on any atom is -0.495 e. The fourth-order valence-corrected chi connectivity index (χ4v) is 7.51. The molecule has 0 aromatic heterocycles. The quantitative estimate of drug-likeness (QED) is 0.417. The number of hydrogen-bond donors (Lipinski definition) is 2. The van der Waals surface area contributed by atoms with Crippen LogP contribution in [0.5, 0.6) is 5.75 Å². The maximum atomic E-state index is 12.4. The van der Waals surface area contributed by atoms with Crippen molar-refractivity contribution in [3.05, 3.63) is 32.7 Å². The number of carbonyl (C=O) groups excluding carboxylic acids is 1. The Hall–Kier alpha value is -0.920. The average Bonchev–Trinajstić information content (AvgIpc) is 2.57. The molecule has 0 heterocycles. The molecule has 7 heteroatoms. The molecule has 4 aliphatic carbocycles. The molecule has 1 aromatic rings. The molecule has 5 rings (SSSR count). The SMILES string of the molecule is COc1c(Br)cc(Br)cc1/C=C/C(=O)NC(=S)NC12CC3CC(CC(C3)C1)C2. The van der Waals surface area contributed by atoms with Crippen molar-refractivity contribution >= 4 is 61.2 Å². The third-order valence-electron chi connectivity index (χ3n) is 6.31. The maximum Gasteiger partial charge on any atom is 0.250 e. The van der Waals surface area contributed by atoms with Crippen LogP contribution in [0.4, 0.5) is 0 Å². The van der Waals surface area contributed by atoms with Gasteiger partial charge in [0.05, 0.1) is 11.6 Å². The zero-order valence-electron chi connectivity index (χ0n) is 15.8. The molecule has 150 valence electrons. The van der Waals surface area contributed by atoms with Crippen LogP contribution in [0.25, 0.3) is 6.08 Å². The molecule has 4 fully saturated rings. The number of hydrogen-bond acceptors (Lipinski definition) is 3. The highest BCUT2D eigenvalue weighted by molar-refractivity contribution is 9.11. The van der Waals surface area contributed by atoms with E-state index in [-0.39, 0.29) is 11.4 Å². The molecular weight excluding hydrogens is 504 g/mol. The smallest absolute Gasteiger partial charge is 0.250 e. The normalized spacial score (nSPS) is 30.5. The van der Waals surface area contributed by atoms with Crippen molar-refractivity contribution in [2.75, 3.05) is 7.11 Å². The molecule has 28 heavy (non-hydrogen) atoms. The number of halogens is 2. The highest BCUT2D eigenvalue weighted by Gasteiger charge is 2.51. The van der Waals surface area contributed by atoms with Crippen LogP contribution in [0.3, 0.4) is 0 Å². The topological polar surface area (TPSA) is 50.4 Å². The Kier molecular flexibility index (Phi) is 5.87. The summed E-state index contributed by atoms with van der Waals surface area (Å²) < 4.78 is 7.14. The molecule has 0 aliphatic heterocycles. The van der Waals surface area contributed by atoms with Gasteiger partial charge in [-0.15, -0.1) is 0 Å². The van der Waals surface area contributed by atoms with Gasteiger partial charge in [0.1, 0.15) is 5.75 Å². The molecule has 4 aliphatic rings. The predicted octanol–water partition coefficient (Wildman–Crippen LogP) is 5.19. The van der Waals surface area contributed by atoms with Crippen LogP contribution in [0, 0.1) is 17.8 Å². The van der Waals surface area contributed by atoms with Crippen molar-refractivity contribution in [1.82, 2.24) is 10.6 Å². The Labute approximate surface area is 188 Å². The number of carbonyl (C=O) groups is 1. The van der Waals surface area contributed by atoms with E-state index in [1.807, 2.05) is 12.1 Å². The highest BCUT2D eigenvalue weighted by Crippen LogP contribution is 2.55. The molecule has 1 aromatic carbocycles. The van der Waals surface area contributed by atoms with E-state index in [2.05, 4.69) is 42.5 Å². The van der Waals surface area contributed by atoms with E-state index in [4.69, 9.17) is 17.0 Å². The van der Waals surface area contributed by atoms with Gasteiger partial charge in [0.15, 0.2) is 5.11 Å². The van der Waals surface area contributed by atoms with Crippen LogP contribution >= 0.6 is 44.1 Å². The summed E-state index contributed by atoms with van der Waals surface area (Å²) in [5.41, 5.74) is 0.903. The molecule has 0 radical (unpaired) electrons. The molecule has 1 amide bonds. The van der Waals surface area contributed by atoms with Gasteiger partial charge in [0.2, 0.25) is 5.91 Å². The van der Waals surface area contributed by atoms with E-state index in [0.717, 1.165) is 32.3 Å². The zero-order chi connectivity index (χ0) is 19.9. The number of benzene rings is 1. The molecule has 0 saturated heterocycles. The maximum absolute atomic E-state index is 12.4. The van der Waals surface area contributed by atoms with Gasteiger partial charge in [-0.25, -0.2) is 0 Å². The van der Waals surface area contributed by atoms with Crippen LogP contribution in [0.2, 0.25) is 0 Å². The van der Waals surface area contributed by atoms with E-state index in [9.17, 15) is 4.79 Å². The minimum atomic E-state index is -0.236. The number of ether oxygens (including phenoxy) is 1. The van der Waals surface area contributed by atoms with Crippen LogP contribution in [-0.2, 0) is 4.79 Å². The van der Waals surface area contributed by atoms with E-state index < -0.39 is 0 Å². The highest BCUT2D eigenvalue weighted by atomic mass is 79.9. The Balaban J connectivity index is 1.38. The van der Waals surface area contributed by atoms with Crippen LogP contribution < -0.4 is 15.4 Å². The second-order valence-corrected chi connectivity index (χ2v) is 10.7. The lowest BCUT2D eigenvalue weighted by Gasteiger charge is -2.57. The summed E-state index contributed by atoms with van der Waals surface area (Å²) in [6.45, 7) is 0. The Bertz CT molecular complexity index is 805. The van der Waals surface area contributed by atoms with E-state index in [1.54, 1.807) is 13.2 Å². The molecule has 0 unspecified atom stereocenters. The summed E-state index contributed by atoms with van der Waals surface area (Å²) in [4.78, 5) is 12.4. The molecular formula is C21H24Br2N2O2S. The molecule has 0 spiro atoms. The fourth-order valence-electron chi connectivity index (χ4n) is 5.77. The Morgan fingerprint density at radius 3 is 2.36 bits per heavy atom. The first-order valence-corrected chi connectivity index (χ1v) is 11.7. The molecule has 2 N–H and O–H groups in total. The van der Waals surface area contributed by atoms with Crippen LogP contribution in [-0.4, -0.2) is 23.7 Å². The monoisotopic (exact) mass is 526 g/mol. The van der Waals surface area contributed by atoms with Gasteiger partial charge in [-0.3, -0.25) is 10.1 Å². The van der Waals surface area contributed by atoms with Gasteiger partial charge in [-0.1, -0.05) is 15.9 Å². The van der Waals surface area contributed by atoms with Gasteiger partial charge in [-0.05, 0) is 103 Å².